The molecular weight excluding hydrogens is 294 g/mol. The first kappa shape index (κ1) is 17.3. The van der Waals surface area contributed by atoms with Crippen molar-refractivity contribution in [3.63, 3.8) is 0 Å². The minimum absolute atomic E-state index is 0.0370. The lowest BCUT2D eigenvalue weighted by atomic mass is 9.64. The first-order valence-corrected chi connectivity index (χ1v) is 7.76. The third kappa shape index (κ3) is 2.69. The molecule has 126 valence electrons. The molecule has 0 aliphatic heterocycles. The summed E-state index contributed by atoms with van der Waals surface area (Å²) in [5.41, 5.74) is 0.446. The molecule has 0 saturated heterocycles. The average Bonchev–Trinajstić information content (AvgIpc) is 2.80. The van der Waals surface area contributed by atoms with Crippen molar-refractivity contribution in [2.24, 2.45) is 21.9 Å². The summed E-state index contributed by atoms with van der Waals surface area (Å²) in [6.07, 6.45) is 1.47. The zero-order valence-electron chi connectivity index (χ0n) is 14.4. The number of hydrogen-bond donors (Lipinski definition) is 1. The predicted molar refractivity (Wildman–Crippen MR) is 87.9 cm³/mol. The van der Waals surface area contributed by atoms with E-state index >= 15 is 0 Å². The Hall–Kier alpha value is -2.04. The lowest BCUT2D eigenvalue weighted by molar-refractivity contribution is -0.157. The topological polar surface area (TPSA) is 68.1 Å². The van der Waals surface area contributed by atoms with Crippen LogP contribution in [0.25, 0.3) is 0 Å². The number of esters is 1. The second kappa shape index (κ2) is 6.22. The van der Waals surface area contributed by atoms with Crippen LogP contribution in [0, 0.1) is 16.7 Å². The highest BCUT2D eigenvalue weighted by molar-refractivity contribution is 6.03. The normalized spacial score (nSPS) is 26.8. The third-order valence-corrected chi connectivity index (χ3v) is 5.69. The van der Waals surface area contributed by atoms with E-state index in [1.54, 1.807) is 7.11 Å². The highest BCUT2D eigenvalue weighted by atomic mass is 16.5. The van der Waals surface area contributed by atoms with Gasteiger partial charge in [0.25, 0.3) is 0 Å². The van der Waals surface area contributed by atoms with Crippen LogP contribution in [-0.2, 0) is 9.53 Å². The Morgan fingerprint density at radius 2 is 1.83 bits per heavy atom. The number of rotatable bonds is 4. The van der Waals surface area contributed by atoms with Crippen molar-refractivity contribution in [1.29, 1.82) is 0 Å². The van der Waals surface area contributed by atoms with Gasteiger partial charge in [-0.1, -0.05) is 19.0 Å². The average molecular weight is 319 g/mol. The largest absolute Gasteiger partial charge is 0.497 e. The molecule has 5 heteroatoms. The number of benzene rings is 1. The molecule has 0 heterocycles. The van der Waals surface area contributed by atoms with E-state index in [9.17, 15) is 10.0 Å². The Bertz CT molecular complexity index is 606. The summed E-state index contributed by atoms with van der Waals surface area (Å²) in [5, 5.41) is 13.2. The summed E-state index contributed by atoms with van der Waals surface area (Å²) in [6, 6.07) is 7.42. The van der Waals surface area contributed by atoms with E-state index in [1.807, 2.05) is 45.0 Å². The molecule has 1 N–H and O–H groups in total. The molecule has 2 rings (SSSR count). The lowest BCUT2D eigenvalue weighted by Gasteiger charge is -2.39. The quantitative estimate of drug-likeness (QED) is 0.399. The number of ether oxygens (including phenoxy) is 2. The third-order valence-electron chi connectivity index (χ3n) is 5.69. The minimum atomic E-state index is -0.602. The van der Waals surface area contributed by atoms with Gasteiger partial charge >= 0.3 is 5.97 Å². The van der Waals surface area contributed by atoms with Crippen LogP contribution in [0.15, 0.2) is 29.4 Å². The molecule has 0 amide bonds. The van der Waals surface area contributed by atoms with E-state index in [4.69, 9.17) is 9.47 Å². The number of carbonyl (C=O) groups excluding carboxylic acids is 1. The van der Waals surface area contributed by atoms with Crippen LogP contribution < -0.4 is 4.74 Å². The SMILES string of the molecule is COC(=O)[C@@]1(C)CC[C@@H](/C(=N/O)c2ccc(OC)cc2)C1(C)C. The van der Waals surface area contributed by atoms with Gasteiger partial charge in [-0.2, -0.15) is 0 Å². The summed E-state index contributed by atoms with van der Waals surface area (Å²) in [6.45, 7) is 6.01. The van der Waals surface area contributed by atoms with Gasteiger partial charge in [-0.15, -0.1) is 0 Å². The molecule has 5 nitrogen and oxygen atoms in total. The Morgan fingerprint density at radius 1 is 1.22 bits per heavy atom. The van der Waals surface area contributed by atoms with E-state index in [1.165, 1.54) is 7.11 Å². The van der Waals surface area contributed by atoms with E-state index in [-0.39, 0.29) is 17.3 Å². The number of hydrogen-bond acceptors (Lipinski definition) is 5. The number of nitrogens with zero attached hydrogens (tertiary/aromatic N) is 1. The summed E-state index contributed by atoms with van der Waals surface area (Å²) in [7, 11) is 3.03. The van der Waals surface area contributed by atoms with Crippen molar-refractivity contribution < 1.29 is 19.5 Å². The molecule has 2 atom stereocenters. The van der Waals surface area contributed by atoms with Crippen LogP contribution in [-0.4, -0.2) is 31.1 Å². The van der Waals surface area contributed by atoms with Gasteiger partial charge in [-0.3, -0.25) is 4.79 Å². The van der Waals surface area contributed by atoms with E-state index in [2.05, 4.69) is 5.16 Å². The zero-order valence-corrected chi connectivity index (χ0v) is 14.4. The standard InChI is InChI=1S/C18H25NO4/c1-17(2)14(10-11-18(17,3)16(20)23-5)15(19-21)12-6-8-13(22-4)9-7-12/h6-9,14,21H,10-11H2,1-5H3/b19-15+/t14-,18+/m0/s1. The van der Waals surface area contributed by atoms with Gasteiger partial charge in [0.05, 0.1) is 25.3 Å². The Kier molecular flexibility index (Phi) is 4.68. The van der Waals surface area contributed by atoms with Gasteiger partial charge in [0.1, 0.15) is 5.75 Å². The Balaban J connectivity index is 2.37. The molecule has 1 aliphatic rings. The summed E-state index contributed by atoms with van der Waals surface area (Å²) in [4.78, 5) is 12.3. The Labute approximate surface area is 137 Å². The first-order valence-electron chi connectivity index (χ1n) is 7.76. The fourth-order valence-corrected chi connectivity index (χ4v) is 3.66. The molecular formula is C18H25NO4. The Morgan fingerprint density at radius 3 is 2.30 bits per heavy atom. The molecule has 0 radical (unpaired) electrons. The van der Waals surface area contributed by atoms with Crippen molar-refractivity contribution in [1.82, 2.24) is 0 Å². The molecule has 1 aromatic carbocycles. The van der Waals surface area contributed by atoms with Crippen molar-refractivity contribution in [2.45, 2.75) is 33.6 Å². The lowest BCUT2D eigenvalue weighted by Crippen LogP contribution is -2.43. The van der Waals surface area contributed by atoms with Gasteiger partial charge in [0, 0.05) is 5.92 Å². The monoisotopic (exact) mass is 319 g/mol. The number of methoxy groups -OCH3 is 2. The smallest absolute Gasteiger partial charge is 0.312 e. The summed E-state index contributed by atoms with van der Waals surface area (Å²) >= 11 is 0. The molecule has 0 bridgehead atoms. The molecule has 0 aromatic heterocycles. The van der Waals surface area contributed by atoms with Crippen molar-refractivity contribution >= 4 is 11.7 Å². The van der Waals surface area contributed by atoms with E-state index in [0.717, 1.165) is 17.7 Å². The second-order valence-corrected chi connectivity index (χ2v) is 6.85. The second-order valence-electron chi connectivity index (χ2n) is 6.85. The van der Waals surface area contributed by atoms with Gasteiger partial charge in [-0.25, -0.2) is 0 Å². The molecule has 1 aliphatic carbocycles. The summed E-state index contributed by atoms with van der Waals surface area (Å²) < 4.78 is 10.2. The number of oxime groups is 1. The van der Waals surface area contributed by atoms with E-state index < -0.39 is 5.41 Å². The molecule has 23 heavy (non-hydrogen) atoms. The maximum Gasteiger partial charge on any atom is 0.312 e. The van der Waals surface area contributed by atoms with Gasteiger partial charge in [0.2, 0.25) is 0 Å². The maximum absolute atomic E-state index is 12.3. The van der Waals surface area contributed by atoms with Crippen LogP contribution in [0.4, 0.5) is 0 Å². The van der Waals surface area contributed by atoms with Gasteiger partial charge < -0.3 is 14.7 Å². The minimum Gasteiger partial charge on any atom is -0.497 e. The summed E-state index contributed by atoms with van der Waals surface area (Å²) in [5.74, 6) is 0.498. The first-order chi connectivity index (χ1) is 10.8. The predicted octanol–water partition coefficient (Wildman–Crippen LogP) is 3.49. The fraction of sp³-hybridized carbons (Fsp3) is 0.556. The highest BCUT2D eigenvalue weighted by Gasteiger charge is 2.58. The zero-order chi connectivity index (χ0) is 17.3. The molecule has 1 fully saturated rings. The van der Waals surface area contributed by atoms with Crippen LogP contribution in [0.1, 0.15) is 39.2 Å². The fourth-order valence-electron chi connectivity index (χ4n) is 3.66. The molecule has 1 aromatic rings. The highest BCUT2D eigenvalue weighted by Crippen LogP contribution is 2.57. The number of carbonyl (C=O) groups is 1. The van der Waals surface area contributed by atoms with Crippen LogP contribution in [0.5, 0.6) is 5.75 Å². The van der Waals surface area contributed by atoms with Crippen molar-refractivity contribution in [3.05, 3.63) is 29.8 Å². The molecule has 1 saturated carbocycles. The van der Waals surface area contributed by atoms with Crippen LogP contribution in [0.2, 0.25) is 0 Å². The molecule has 0 unspecified atom stereocenters. The molecule has 0 spiro atoms. The van der Waals surface area contributed by atoms with Crippen LogP contribution >= 0.6 is 0 Å². The maximum atomic E-state index is 12.3. The van der Waals surface area contributed by atoms with Gasteiger partial charge in [0.15, 0.2) is 0 Å². The van der Waals surface area contributed by atoms with Gasteiger partial charge in [-0.05, 0) is 55.0 Å². The van der Waals surface area contributed by atoms with E-state index in [0.29, 0.717) is 12.1 Å². The van der Waals surface area contributed by atoms with Crippen molar-refractivity contribution in [2.75, 3.05) is 14.2 Å². The van der Waals surface area contributed by atoms with Crippen molar-refractivity contribution in [3.8, 4) is 5.75 Å². The van der Waals surface area contributed by atoms with Crippen LogP contribution in [0.3, 0.4) is 0 Å².